The Labute approximate surface area is 141 Å². The minimum atomic E-state index is -4.74. The number of hydrogen-bond donors (Lipinski definition) is 2. The van der Waals surface area contributed by atoms with E-state index in [4.69, 9.17) is 5.11 Å². The number of aliphatic carboxylic acids is 1. The van der Waals surface area contributed by atoms with E-state index in [1.807, 2.05) is 0 Å². The number of carbonyl (C=O) groups excluding carboxylic acids is 1. The van der Waals surface area contributed by atoms with Crippen LogP contribution >= 0.6 is 0 Å². The molecule has 2 N–H and O–H groups in total. The van der Waals surface area contributed by atoms with Gasteiger partial charge in [0, 0.05) is 0 Å². The number of allylic oxidation sites excluding steroid dienone is 1. The number of amides is 1. The number of alkyl halides is 3. The summed E-state index contributed by atoms with van der Waals surface area (Å²) in [7, 11) is 0. The zero-order valence-corrected chi connectivity index (χ0v) is 13.1. The average molecular weight is 355 g/mol. The maximum Gasteiger partial charge on any atom is 0.449 e. The van der Waals surface area contributed by atoms with Gasteiger partial charge in [0.05, 0.1) is 11.0 Å². The van der Waals surface area contributed by atoms with E-state index in [9.17, 15) is 22.8 Å². The molecule has 0 radical (unpaired) electrons. The third kappa shape index (κ3) is 4.37. The van der Waals surface area contributed by atoms with Crippen molar-refractivity contribution >= 4 is 22.9 Å². The minimum absolute atomic E-state index is 0.0986. The first-order valence-electron chi connectivity index (χ1n) is 7.39. The molecule has 0 bridgehead atoms. The van der Waals surface area contributed by atoms with Crippen molar-refractivity contribution in [3.63, 3.8) is 0 Å². The lowest BCUT2D eigenvalue weighted by Gasteiger charge is -2.15. The van der Waals surface area contributed by atoms with Crippen molar-refractivity contribution in [1.29, 1.82) is 0 Å². The topological polar surface area (TPSA) is 84.2 Å². The molecule has 2 aromatic rings. The van der Waals surface area contributed by atoms with E-state index in [0.29, 0.717) is 6.42 Å². The van der Waals surface area contributed by atoms with Gasteiger partial charge in [0.15, 0.2) is 0 Å². The summed E-state index contributed by atoms with van der Waals surface area (Å²) in [6.07, 6.45) is -2.80. The Morgan fingerprint density at radius 3 is 2.64 bits per heavy atom. The van der Waals surface area contributed by atoms with Crippen LogP contribution < -0.4 is 5.32 Å². The van der Waals surface area contributed by atoms with Crippen LogP contribution in [-0.4, -0.2) is 32.6 Å². The molecule has 1 atom stereocenters. The van der Waals surface area contributed by atoms with Gasteiger partial charge in [-0.05, 0) is 25.0 Å². The summed E-state index contributed by atoms with van der Waals surface area (Å²) in [5, 5.41) is 11.3. The van der Waals surface area contributed by atoms with Crippen molar-refractivity contribution in [2.75, 3.05) is 0 Å². The molecule has 0 aliphatic rings. The van der Waals surface area contributed by atoms with Gasteiger partial charge in [-0.15, -0.1) is 6.58 Å². The summed E-state index contributed by atoms with van der Waals surface area (Å²) in [4.78, 5) is 26.8. The monoisotopic (exact) mass is 355 g/mol. The number of hydrogen-bond acceptors (Lipinski definition) is 3. The number of nitrogens with one attached hydrogen (secondary N) is 1. The van der Waals surface area contributed by atoms with Gasteiger partial charge < -0.3 is 15.0 Å². The zero-order valence-electron chi connectivity index (χ0n) is 13.1. The molecular weight excluding hydrogens is 339 g/mol. The first-order chi connectivity index (χ1) is 11.7. The molecule has 0 fully saturated rings. The number of carboxylic acids is 1. The van der Waals surface area contributed by atoms with Gasteiger partial charge in [-0.25, -0.2) is 9.78 Å². The Kier molecular flexibility index (Phi) is 5.45. The van der Waals surface area contributed by atoms with Gasteiger partial charge in [-0.3, -0.25) is 4.79 Å². The van der Waals surface area contributed by atoms with Crippen molar-refractivity contribution in [3.8, 4) is 0 Å². The van der Waals surface area contributed by atoms with E-state index >= 15 is 0 Å². The Balaban J connectivity index is 2.28. The number of carboxylic acid groups (broad SMARTS) is 1. The molecule has 134 valence electrons. The molecule has 0 spiro atoms. The van der Waals surface area contributed by atoms with Crippen LogP contribution in [0.1, 0.15) is 18.7 Å². The fourth-order valence-electron chi connectivity index (χ4n) is 2.38. The molecule has 1 unspecified atom stereocenters. The zero-order chi connectivity index (χ0) is 18.6. The van der Waals surface area contributed by atoms with Gasteiger partial charge in [0.25, 0.3) is 0 Å². The molecule has 9 heteroatoms. The molecule has 0 aliphatic heterocycles. The molecule has 1 heterocycles. The number of aromatic nitrogens is 2. The average Bonchev–Trinajstić information content (AvgIpc) is 2.90. The smallest absolute Gasteiger partial charge is 0.449 e. The third-order valence-electron chi connectivity index (χ3n) is 3.50. The lowest BCUT2D eigenvalue weighted by molar-refractivity contribution is -0.148. The fraction of sp³-hybridized carbons (Fsp3) is 0.312. The van der Waals surface area contributed by atoms with E-state index in [0.717, 1.165) is 4.57 Å². The van der Waals surface area contributed by atoms with Crippen LogP contribution in [0, 0.1) is 0 Å². The molecule has 0 saturated heterocycles. The summed E-state index contributed by atoms with van der Waals surface area (Å²) >= 11 is 0. The Hall–Kier alpha value is -2.84. The van der Waals surface area contributed by atoms with Crippen LogP contribution in [0.25, 0.3) is 11.0 Å². The summed E-state index contributed by atoms with van der Waals surface area (Å²) in [5.41, 5.74) is 0.243. The Morgan fingerprint density at radius 1 is 1.36 bits per heavy atom. The summed E-state index contributed by atoms with van der Waals surface area (Å²) < 4.78 is 40.3. The number of rotatable bonds is 7. The number of halogens is 3. The van der Waals surface area contributed by atoms with Gasteiger partial charge >= 0.3 is 12.1 Å². The third-order valence-corrected chi connectivity index (χ3v) is 3.50. The highest BCUT2D eigenvalue weighted by Gasteiger charge is 2.38. The van der Waals surface area contributed by atoms with Crippen LogP contribution in [0.5, 0.6) is 0 Å². The standard InChI is InChI=1S/C16H16F3N3O3/c1-2-3-6-11(14(24)25)20-13(23)9-22-12-8-5-4-7-10(12)21-15(22)16(17,18)19/h2,4-5,7-8,11H,1,3,6,9H2,(H,20,23)(H,24,25). The van der Waals surface area contributed by atoms with Crippen molar-refractivity contribution in [2.45, 2.75) is 31.6 Å². The number of benzene rings is 1. The van der Waals surface area contributed by atoms with Crippen LogP contribution in [0.15, 0.2) is 36.9 Å². The molecule has 1 amide bonds. The molecule has 1 aromatic carbocycles. The Morgan fingerprint density at radius 2 is 2.04 bits per heavy atom. The largest absolute Gasteiger partial charge is 0.480 e. The van der Waals surface area contributed by atoms with Crippen LogP contribution in [0.2, 0.25) is 0 Å². The molecule has 1 aromatic heterocycles. The summed E-state index contributed by atoms with van der Waals surface area (Å²) in [6, 6.07) is 4.69. The first kappa shape index (κ1) is 18.5. The second kappa shape index (κ2) is 7.37. The van der Waals surface area contributed by atoms with Crippen molar-refractivity contribution in [3.05, 3.63) is 42.7 Å². The second-order valence-corrected chi connectivity index (χ2v) is 5.33. The summed E-state index contributed by atoms with van der Waals surface area (Å²) in [5.74, 6) is -3.31. The number of nitrogens with zero attached hydrogens (tertiary/aromatic N) is 2. The maximum atomic E-state index is 13.2. The Bertz CT molecular complexity index is 799. The number of carbonyl (C=O) groups is 2. The van der Waals surface area contributed by atoms with Gasteiger partial charge in [-0.1, -0.05) is 18.2 Å². The van der Waals surface area contributed by atoms with E-state index in [1.165, 1.54) is 30.3 Å². The minimum Gasteiger partial charge on any atom is -0.480 e. The van der Waals surface area contributed by atoms with Crippen molar-refractivity contribution < 1.29 is 27.9 Å². The van der Waals surface area contributed by atoms with Crippen molar-refractivity contribution in [2.24, 2.45) is 0 Å². The SMILES string of the molecule is C=CCCC(NC(=O)Cn1c(C(F)(F)F)nc2ccccc21)C(=O)O. The van der Waals surface area contributed by atoms with Gasteiger partial charge in [-0.2, -0.15) is 13.2 Å². The van der Waals surface area contributed by atoms with E-state index in [1.54, 1.807) is 0 Å². The molecule has 0 aliphatic carbocycles. The van der Waals surface area contributed by atoms with E-state index in [-0.39, 0.29) is 17.5 Å². The van der Waals surface area contributed by atoms with Gasteiger partial charge in [0.2, 0.25) is 11.7 Å². The number of fused-ring (bicyclic) bond motifs is 1. The summed E-state index contributed by atoms with van der Waals surface area (Å²) in [6.45, 7) is 2.77. The predicted octanol–water partition coefficient (Wildman–Crippen LogP) is 2.59. The second-order valence-electron chi connectivity index (χ2n) is 5.33. The molecule has 6 nitrogen and oxygen atoms in total. The number of imidazole rings is 1. The van der Waals surface area contributed by atoms with Gasteiger partial charge in [0.1, 0.15) is 12.6 Å². The molecule has 25 heavy (non-hydrogen) atoms. The molecule has 2 rings (SSSR count). The molecular formula is C16H16F3N3O3. The van der Waals surface area contributed by atoms with Crippen LogP contribution in [0.4, 0.5) is 13.2 Å². The van der Waals surface area contributed by atoms with Crippen LogP contribution in [-0.2, 0) is 22.3 Å². The van der Waals surface area contributed by atoms with E-state index in [2.05, 4.69) is 16.9 Å². The van der Waals surface area contributed by atoms with E-state index < -0.39 is 36.5 Å². The highest BCUT2D eigenvalue weighted by Crippen LogP contribution is 2.31. The fourth-order valence-corrected chi connectivity index (χ4v) is 2.38. The first-order valence-corrected chi connectivity index (χ1v) is 7.39. The molecule has 0 saturated carbocycles. The number of para-hydroxylation sites is 2. The predicted molar refractivity (Wildman–Crippen MR) is 83.7 cm³/mol. The quantitative estimate of drug-likeness (QED) is 0.748. The maximum absolute atomic E-state index is 13.2. The normalized spacial score (nSPS) is 12.8. The lowest BCUT2D eigenvalue weighted by atomic mass is 10.1. The lowest BCUT2D eigenvalue weighted by Crippen LogP contribution is -2.42. The van der Waals surface area contributed by atoms with Crippen molar-refractivity contribution in [1.82, 2.24) is 14.9 Å². The highest BCUT2D eigenvalue weighted by atomic mass is 19.4. The van der Waals surface area contributed by atoms with Crippen LogP contribution in [0.3, 0.4) is 0 Å². The highest BCUT2D eigenvalue weighted by molar-refractivity contribution is 5.85.